The Morgan fingerprint density at radius 2 is 2.06 bits per heavy atom. The van der Waals surface area contributed by atoms with E-state index in [1.807, 2.05) is 13.0 Å². The lowest BCUT2D eigenvalue weighted by molar-refractivity contribution is -0.140. The van der Waals surface area contributed by atoms with Gasteiger partial charge in [-0.25, -0.2) is 4.68 Å². The maximum atomic E-state index is 13.3. The van der Waals surface area contributed by atoms with Crippen LogP contribution in [-0.2, 0) is 9.59 Å². The Hall–Kier alpha value is -2.62. The molecule has 0 aromatic carbocycles. The zero-order valence-electron chi connectivity index (χ0n) is 18.6. The van der Waals surface area contributed by atoms with Crippen LogP contribution >= 0.6 is 11.6 Å². The quantitative estimate of drug-likeness (QED) is 0.546. The van der Waals surface area contributed by atoms with Gasteiger partial charge in [0.25, 0.3) is 0 Å². The molecule has 1 aliphatic carbocycles. The number of anilines is 1. The fourth-order valence-electron chi connectivity index (χ4n) is 4.17. The van der Waals surface area contributed by atoms with Gasteiger partial charge in [0, 0.05) is 44.6 Å². The molecule has 0 aliphatic heterocycles. The minimum atomic E-state index is -4.26. The molecule has 2 heterocycles. The van der Waals surface area contributed by atoms with E-state index in [-0.39, 0.29) is 41.8 Å². The number of hydrogen-bond acceptors (Lipinski definition) is 4. The van der Waals surface area contributed by atoms with Crippen molar-refractivity contribution in [3.05, 3.63) is 35.9 Å². The third kappa shape index (κ3) is 6.25. The second-order valence-electron chi connectivity index (χ2n) is 8.18. The van der Waals surface area contributed by atoms with E-state index in [9.17, 15) is 22.8 Å². The van der Waals surface area contributed by atoms with Crippen molar-refractivity contribution in [1.82, 2.24) is 19.7 Å². The van der Waals surface area contributed by atoms with Gasteiger partial charge in [-0.2, -0.15) is 18.3 Å². The van der Waals surface area contributed by atoms with Gasteiger partial charge in [-0.1, -0.05) is 11.6 Å². The Morgan fingerprint density at radius 3 is 2.70 bits per heavy atom. The van der Waals surface area contributed by atoms with Gasteiger partial charge in [0.15, 0.2) is 5.15 Å². The zero-order valence-corrected chi connectivity index (χ0v) is 19.3. The maximum absolute atomic E-state index is 13.3. The van der Waals surface area contributed by atoms with Crippen LogP contribution in [0.3, 0.4) is 0 Å². The second kappa shape index (κ2) is 10.5. The van der Waals surface area contributed by atoms with Crippen LogP contribution in [0, 0.1) is 5.92 Å². The first kappa shape index (κ1) is 25.0. The lowest BCUT2D eigenvalue weighted by atomic mass is 10.1. The van der Waals surface area contributed by atoms with Crippen LogP contribution in [0.25, 0.3) is 5.69 Å². The van der Waals surface area contributed by atoms with Gasteiger partial charge in [-0.05, 0) is 44.7 Å². The number of carbonyl (C=O) groups excluding carboxylic acids is 2. The molecule has 1 fully saturated rings. The third-order valence-electron chi connectivity index (χ3n) is 5.98. The Balaban J connectivity index is 1.63. The number of aromatic nitrogens is 3. The highest BCUT2D eigenvalue weighted by atomic mass is 35.5. The molecule has 2 aromatic heterocycles. The van der Waals surface area contributed by atoms with Crippen molar-refractivity contribution in [2.24, 2.45) is 5.92 Å². The van der Waals surface area contributed by atoms with Crippen LogP contribution in [-0.4, -0.2) is 57.3 Å². The molecular formula is C22H27ClF3N5O2. The van der Waals surface area contributed by atoms with E-state index in [4.69, 9.17) is 11.6 Å². The Kier molecular flexibility index (Phi) is 7.99. The lowest BCUT2D eigenvalue weighted by Crippen LogP contribution is -2.38. The van der Waals surface area contributed by atoms with Gasteiger partial charge >= 0.3 is 6.18 Å². The maximum Gasteiger partial charge on any atom is 0.389 e. The van der Waals surface area contributed by atoms with E-state index in [1.54, 1.807) is 41.3 Å². The van der Waals surface area contributed by atoms with Gasteiger partial charge in [0.05, 0.1) is 18.1 Å². The summed E-state index contributed by atoms with van der Waals surface area (Å²) >= 11 is 6.34. The van der Waals surface area contributed by atoms with Crippen LogP contribution in [0.15, 0.2) is 30.7 Å². The summed E-state index contributed by atoms with van der Waals surface area (Å²) in [4.78, 5) is 32.7. The molecule has 0 spiro atoms. The monoisotopic (exact) mass is 485 g/mol. The summed E-state index contributed by atoms with van der Waals surface area (Å²) < 4.78 is 38.6. The fraction of sp³-hybridized carbons (Fsp3) is 0.545. The van der Waals surface area contributed by atoms with Crippen LogP contribution in [0.1, 0.15) is 45.4 Å². The van der Waals surface area contributed by atoms with E-state index < -0.39 is 12.6 Å². The SMILES string of the molecule is CCN(C(=O)[C@H]1CC[C@@H](N(C)C(=O)CCCC(F)(F)F)C1)c1cn(-c2cccnc2)nc1Cl. The minimum absolute atomic E-state index is 0.106. The molecule has 180 valence electrons. The topological polar surface area (TPSA) is 71.3 Å². The van der Waals surface area contributed by atoms with Gasteiger partial charge in [0.2, 0.25) is 11.8 Å². The number of rotatable bonds is 8. The largest absolute Gasteiger partial charge is 0.389 e. The number of hydrogen-bond donors (Lipinski definition) is 0. The average Bonchev–Trinajstić information content (AvgIpc) is 3.41. The summed E-state index contributed by atoms with van der Waals surface area (Å²) in [5.74, 6) is -0.741. The normalized spacial score (nSPS) is 18.4. The average molecular weight is 486 g/mol. The molecule has 7 nitrogen and oxygen atoms in total. The molecule has 0 unspecified atom stereocenters. The first-order valence-electron chi connectivity index (χ1n) is 10.9. The van der Waals surface area contributed by atoms with E-state index >= 15 is 0 Å². The Morgan fingerprint density at radius 1 is 1.30 bits per heavy atom. The molecule has 1 aliphatic rings. The summed E-state index contributed by atoms with van der Waals surface area (Å²) in [6, 6.07) is 3.42. The zero-order chi connectivity index (χ0) is 24.2. The van der Waals surface area contributed by atoms with Gasteiger partial charge in [-0.3, -0.25) is 14.6 Å². The number of halogens is 4. The number of amides is 2. The number of nitrogens with zero attached hydrogens (tertiary/aromatic N) is 5. The molecule has 2 amide bonds. The molecule has 3 rings (SSSR count). The van der Waals surface area contributed by atoms with Crippen LogP contribution in [0.4, 0.5) is 18.9 Å². The predicted molar refractivity (Wildman–Crippen MR) is 118 cm³/mol. The molecule has 33 heavy (non-hydrogen) atoms. The summed E-state index contributed by atoms with van der Waals surface area (Å²) in [6.07, 6.45) is 1.01. The molecule has 2 aromatic rings. The molecular weight excluding hydrogens is 459 g/mol. The van der Waals surface area contributed by atoms with Crippen LogP contribution in [0.2, 0.25) is 5.15 Å². The van der Waals surface area contributed by atoms with Gasteiger partial charge in [0.1, 0.15) is 5.69 Å². The molecule has 0 saturated heterocycles. The van der Waals surface area contributed by atoms with Crippen molar-refractivity contribution < 1.29 is 22.8 Å². The molecule has 11 heteroatoms. The van der Waals surface area contributed by atoms with Crippen molar-refractivity contribution in [2.75, 3.05) is 18.5 Å². The molecule has 0 radical (unpaired) electrons. The Bertz CT molecular complexity index is 967. The highest BCUT2D eigenvalue weighted by Crippen LogP contribution is 2.34. The summed E-state index contributed by atoms with van der Waals surface area (Å²) in [6.45, 7) is 2.24. The summed E-state index contributed by atoms with van der Waals surface area (Å²) in [7, 11) is 1.60. The van der Waals surface area contributed by atoms with Crippen molar-refractivity contribution >= 4 is 29.1 Å². The van der Waals surface area contributed by atoms with E-state index in [1.165, 1.54) is 4.90 Å². The second-order valence-corrected chi connectivity index (χ2v) is 8.54. The van der Waals surface area contributed by atoms with Gasteiger partial charge < -0.3 is 9.80 Å². The highest BCUT2D eigenvalue weighted by molar-refractivity contribution is 6.32. The molecule has 0 bridgehead atoms. The predicted octanol–water partition coefficient (Wildman–Crippen LogP) is 4.63. The molecule has 2 atom stereocenters. The minimum Gasteiger partial charge on any atom is -0.343 e. The van der Waals surface area contributed by atoms with Crippen molar-refractivity contribution in [2.45, 2.75) is 57.7 Å². The first-order valence-corrected chi connectivity index (χ1v) is 11.3. The van der Waals surface area contributed by atoms with Gasteiger partial charge in [-0.15, -0.1) is 0 Å². The fourth-order valence-corrected chi connectivity index (χ4v) is 4.40. The smallest absolute Gasteiger partial charge is 0.343 e. The Labute approximate surface area is 195 Å². The van der Waals surface area contributed by atoms with Crippen molar-refractivity contribution in [3.63, 3.8) is 0 Å². The highest BCUT2D eigenvalue weighted by Gasteiger charge is 2.37. The van der Waals surface area contributed by atoms with Crippen molar-refractivity contribution in [1.29, 1.82) is 0 Å². The number of alkyl halides is 3. The van der Waals surface area contributed by atoms with Crippen LogP contribution < -0.4 is 4.90 Å². The summed E-state index contributed by atoms with van der Waals surface area (Å²) in [5.41, 5.74) is 1.20. The standard InChI is InChI=1S/C22H27ClF3N5O2/c1-3-30(18-14-31(28-20(18)23)17-6-5-11-27-13-17)21(33)15-8-9-16(12-15)29(2)19(32)7-4-10-22(24,25)26/h5-6,11,13-16H,3-4,7-10,12H2,1-2H3/t15-,16+/m0/s1. The summed E-state index contributed by atoms with van der Waals surface area (Å²) in [5, 5.41) is 4.48. The lowest BCUT2D eigenvalue weighted by Gasteiger charge is -2.26. The van der Waals surface area contributed by atoms with E-state index in [0.29, 0.717) is 37.2 Å². The third-order valence-corrected chi connectivity index (χ3v) is 6.25. The van der Waals surface area contributed by atoms with E-state index in [2.05, 4.69) is 10.1 Å². The van der Waals surface area contributed by atoms with E-state index in [0.717, 1.165) is 0 Å². The first-order chi connectivity index (χ1) is 15.6. The number of pyridine rings is 1. The number of carbonyl (C=O) groups is 2. The molecule has 1 saturated carbocycles. The van der Waals surface area contributed by atoms with Crippen LogP contribution in [0.5, 0.6) is 0 Å². The molecule has 0 N–H and O–H groups in total. The van der Waals surface area contributed by atoms with Crippen molar-refractivity contribution in [3.8, 4) is 5.69 Å².